The zero-order valence-electron chi connectivity index (χ0n) is 17.5. The van der Waals surface area contributed by atoms with Gasteiger partial charge in [-0.25, -0.2) is 9.40 Å². The van der Waals surface area contributed by atoms with Crippen LogP contribution >= 0.6 is 0 Å². The Morgan fingerprint density at radius 3 is 2.58 bits per heavy atom. The third kappa shape index (κ3) is 4.83. The van der Waals surface area contributed by atoms with E-state index in [4.69, 9.17) is 9.15 Å². The van der Waals surface area contributed by atoms with E-state index in [0.29, 0.717) is 18.7 Å². The second-order valence-corrected chi connectivity index (χ2v) is 7.69. The number of carbonyl (C=O) groups excluding carboxylic acids is 1. The number of rotatable bonds is 7. The molecule has 31 heavy (non-hydrogen) atoms. The third-order valence-electron chi connectivity index (χ3n) is 5.33. The third-order valence-corrected chi connectivity index (χ3v) is 5.33. The van der Waals surface area contributed by atoms with Crippen LogP contribution in [-0.4, -0.2) is 37.3 Å². The minimum absolute atomic E-state index is 0.0930. The summed E-state index contributed by atoms with van der Waals surface area (Å²) in [6.45, 7) is 0.869. The number of furan rings is 1. The SMILES string of the molecule is COc1ccc(C2=NN(C(=O)C[NH+](C)Cc3ccc(F)cc3)[C@@H](c3ccco3)C2)cc1. The van der Waals surface area contributed by atoms with Gasteiger partial charge in [-0.15, -0.1) is 0 Å². The lowest BCUT2D eigenvalue weighted by Gasteiger charge is -2.21. The Morgan fingerprint density at radius 2 is 1.94 bits per heavy atom. The highest BCUT2D eigenvalue weighted by Gasteiger charge is 2.36. The summed E-state index contributed by atoms with van der Waals surface area (Å²) in [6.07, 6.45) is 2.18. The summed E-state index contributed by atoms with van der Waals surface area (Å²) < 4.78 is 24.0. The molecule has 0 saturated carbocycles. The van der Waals surface area contributed by atoms with Crippen molar-refractivity contribution in [2.24, 2.45) is 5.10 Å². The smallest absolute Gasteiger partial charge is 0.298 e. The number of quaternary nitrogens is 1. The Kier molecular flexibility index (Phi) is 6.13. The molecule has 0 spiro atoms. The van der Waals surface area contributed by atoms with Gasteiger partial charge in [0.15, 0.2) is 6.54 Å². The number of hydrogen-bond donors (Lipinski definition) is 1. The Morgan fingerprint density at radius 1 is 1.19 bits per heavy atom. The van der Waals surface area contributed by atoms with Crippen LogP contribution in [0.25, 0.3) is 0 Å². The first-order valence-corrected chi connectivity index (χ1v) is 10.2. The number of hydrogen-bond acceptors (Lipinski definition) is 4. The van der Waals surface area contributed by atoms with Crippen LogP contribution in [0, 0.1) is 5.82 Å². The number of likely N-dealkylation sites (N-methyl/N-ethyl adjacent to an activating group) is 1. The van der Waals surface area contributed by atoms with Gasteiger partial charge >= 0.3 is 0 Å². The van der Waals surface area contributed by atoms with Crippen molar-refractivity contribution in [3.63, 3.8) is 0 Å². The lowest BCUT2D eigenvalue weighted by molar-refractivity contribution is -0.885. The predicted octanol–water partition coefficient (Wildman–Crippen LogP) is 2.82. The number of benzene rings is 2. The molecule has 0 saturated heterocycles. The lowest BCUT2D eigenvalue weighted by Crippen LogP contribution is -3.08. The molecule has 7 heteroatoms. The second kappa shape index (κ2) is 9.14. The van der Waals surface area contributed by atoms with Crippen molar-refractivity contribution >= 4 is 11.6 Å². The molecule has 1 amide bonds. The van der Waals surface area contributed by atoms with Gasteiger partial charge in [0, 0.05) is 12.0 Å². The van der Waals surface area contributed by atoms with E-state index in [1.807, 2.05) is 43.4 Å². The first kappa shape index (κ1) is 20.8. The number of methoxy groups -OCH3 is 1. The molecule has 1 aromatic heterocycles. The van der Waals surface area contributed by atoms with E-state index in [-0.39, 0.29) is 24.3 Å². The first-order chi connectivity index (χ1) is 15.0. The monoisotopic (exact) mass is 422 g/mol. The van der Waals surface area contributed by atoms with E-state index < -0.39 is 0 Å². The maximum atomic E-state index is 13.2. The number of halogens is 1. The molecule has 0 fully saturated rings. The van der Waals surface area contributed by atoms with Crippen molar-refractivity contribution in [2.75, 3.05) is 20.7 Å². The van der Waals surface area contributed by atoms with E-state index in [1.54, 1.807) is 25.5 Å². The van der Waals surface area contributed by atoms with Gasteiger partial charge in [0.25, 0.3) is 5.91 Å². The maximum Gasteiger partial charge on any atom is 0.298 e. The molecule has 3 aromatic rings. The van der Waals surface area contributed by atoms with Crippen LogP contribution in [-0.2, 0) is 11.3 Å². The second-order valence-electron chi connectivity index (χ2n) is 7.69. The van der Waals surface area contributed by atoms with Gasteiger partial charge in [-0.05, 0) is 54.1 Å². The normalized spacial score (nSPS) is 16.8. The zero-order valence-corrected chi connectivity index (χ0v) is 17.5. The van der Waals surface area contributed by atoms with Crippen LogP contribution in [0.2, 0.25) is 0 Å². The van der Waals surface area contributed by atoms with Crippen LogP contribution in [0.4, 0.5) is 4.39 Å². The fraction of sp³-hybridized carbons (Fsp3) is 0.250. The molecule has 4 rings (SSSR count). The number of carbonyl (C=O) groups is 1. The van der Waals surface area contributed by atoms with E-state index in [9.17, 15) is 9.18 Å². The van der Waals surface area contributed by atoms with Crippen molar-refractivity contribution < 1.29 is 23.2 Å². The minimum Gasteiger partial charge on any atom is -0.497 e. The van der Waals surface area contributed by atoms with Gasteiger partial charge in [0.2, 0.25) is 0 Å². The fourth-order valence-electron chi connectivity index (χ4n) is 3.75. The van der Waals surface area contributed by atoms with Gasteiger partial charge in [0.05, 0.1) is 26.1 Å². The molecule has 1 aliphatic heterocycles. The average molecular weight is 422 g/mol. The molecule has 1 unspecified atom stereocenters. The lowest BCUT2D eigenvalue weighted by atomic mass is 10.0. The molecule has 6 nitrogen and oxygen atoms in total. The average Bonchev–Trinajstić information content (AvgIpc) is 3.45. The summed E-state index contributed by atoms with van der Waals surface area (Å²) in [5.41, 5.74) is 2.74. The highest BCUT2D eigenvalue weighted by atomic mass is 19.1. The van der Waals surface area contributed by atoms with E-state index in [1.165, 1.54) is 17.1 Å². The van der Waals surface area contributed by atoms with Crippen molar-refractivity contribution in [1.82, 2.24) is 5.01 Å². The van der Waals surface area contributed by atoms with Gasteiger partial charge in [-0.1, -0.05) is 12.1 Å². The van der Waals surface area contributed by atoms with Crippen LogP contribution in [0.1, 0.15) is 29.3 Å². The van der Waals surface area contributed by atoms with Gasteiger partial charge in [-0.3, -0.25) is 4.79 Å². The molecule has 2 heterocycles. The Bertz CT molecular complexity index is 1050. The van der Waals surface area contributed by atoms with E-state index in [0.717, 1.165) is 27.5 Å². The molecular formula is C24H25FN3O3+. The molecule has 0 radical (unpaired) electrons. The Labute approximate surface area is 180 Å². The van der Waals surface area contributed by atoms with Crippen molar-refractivity contribution in [2.45, 2.75) is 19.0 Å². The van der Waals surface area contributed by atoms with Crippen LogP contribution in [0.5, 0.6) is 5.75 Å². The van der Waals surface area contributed by atoms with Crippen LogP contribution < -0.4 is 9.64 Å². The number of nitrogens with one attached hydrogen (secondary N) is 1. The van der Waals surface area contributed by atoms with Crippen LogP contribution in [0.3, 0.4) is 0 Å². The van der Waals surface area contributed by atoms with Gasteiger partial charge < -0.3 is 14.1 Å². The maximum absolute atomic E-state index is 13.2. The molecule has 0 aliphatic carbocycles. The summed E-state index contributed by atoms with van der Waals surface area (Å²) >= 11 is 0. The molecular weight excluding hydrogens is 397 g/mol. The number of ether oxygens (including phenoxy) is 1. The summed E-state index contributed by atoms with van der Waals surface area (Å²) in [6, 6.07) is 17.4. The first-order valence-electron chi connectivity index (χ1n) is 10.2. The minimum atomic E-state index is -0.279. The van der Waals surface area contributed by atoms with E-state index in [2.05, 4.69) is 5.10 Å². The molecule has 1 aliphatic rings. The fourth-order valence-corrected chi connectivity index (χ4v) is 3.75. The summed E-state index contributed by atoms with van der Waals surface area (Å²) in [5, 5.41) is 6.19. The predicted molar refractivity (Wildman–Crippen MR) is 114 cm³/mol. The molecule has 2 aromatic carbocycles. The summed E-state index contributed by atoms with van der Waals surface area (Å²) in [5.74, 6) is 1.11. The van der Waals surface area contributed by atoms with Crippen molar-refractivity contribution in [3.05, 3.63) is 89.6 Å². The van der Waals surface area contributed by atoms with Crippen LogP contribution in [0.15, 0.2) is 76.4 Å². The highest BCUT2D eigenvalue weighted by molar-refractivity contribution is 6.03. The van der Waals surface area contributed by atoms with Gasteiger partial charge in [0.1, 0.15) is 29.9 Å². The highest BCUT2D eigenvalue weighted by Crippen LogP contribution is 2.33. The molecule has 0 bridgehead atoms. The quantitative estimate of drug-likeness (QED) is 0.637. The topological polar surface area (TPSA) is 59.5 Å². The largest absolute Gasteiger partial charge is 0.497 e. The standard InChI is InChI=1S/C24H24FN3O3/c1-27(15-17-5-9-19(25)10-6-17)16-24(29)28-22(23-4-3-13-31-23)14-21(26-28)18-7-11-20(30-2)12-8-18/h3-13,22H,14-16H2,1-2H3/p+1/t22-/m1/s1. The number of nitrogens with zero attached hydrogens (tertiary/aromatic N) is 2. The molecule has 160 valence electrons. The van der Waals surface area contributed by atoms with E-state index >= 15 is 0 Å². The number of amides is 1. The zero-order chi connectivity index (χ0) is 21.8. The van der Waals surface area contributed by atoms with Crippen molar-refractivity contribution in [3.8, 4) is 5.75 Å². The molecule has 2 atom stereocenters. The summed E-state index contributed by atoms with van der Waals surface area (Å²) in [7, 11) is 3.56. The Balaban J connectivity index is 1.51. The summed E-state index contributed by atoms with van der Waals surface area (Å²) in [4.78, 5) is 14.1. The molecule has 1 N–H and O–H groups in total. The Hall–Kier alpha value is -3.45. The van der Waals surface area contributed by atoms with Crippen molar-refractivity contribution in [1.29, 1.82) is 0 Å². The number of hydrazone groups is 1. The van der Waals surface area contributed by atoms with Gasteiger partial charge in [-0.2, -0.15) is 5.10 Å².